The van der Waals surface area contributed by atoms with Crippen LogP contribution in [0.25, 0.3) is 11.4 Å². The van der Waals surface area contributed by atoms with Gasteiger partial charge in [0, 0.05) is 5.56 Å². The number of hydrogen-bond donors (Lipinski definition) is 1. The van der Waals surface area contributed by atoms with Gasteiger partial charge in [-0.15, -0.1) is 0 Å². The highest BCUT2D eigenvalue weighted by atomic mass is 16.5. The number of aliphatic hydroxyl groups excluding tert-OH is 1. The van der Waals surface area contributed by atoms with Crippen molar-refractivity contribution in [2.24, 2.45) is 5.92 Å². The quantitative estimate of drug-likeness (QED) is 0.898. The lowest BCUT2D eigenvalue weighted by Crippen LogP contribution is -2.17. The van der Waals surface area contributed by atoms with Crippen molar-refractivity contribution in [3.05, 3.63) is 35.7 Å². The van der Waals surface area contributed by atoms with Crippen molar-refractivity contribution in [1.82, 2.24) is 10.1 Å². The molecule has 102 valence electrons. The smallest absolute Gasteiger partial charge is 0.229 e. The summed E-state index contributed by atoms with van der Waals surface area (Å²) in [4.78, 5) is 4.32. The first-order chi connectivity index (χ1) is 9.10. The van der Waals surface area contributed by atoms with E-state index in [0.717, 1.165) is 12.0 Å². The standard InChI is InChI=1S/C15H20N2O2/c1-4-11-5-7-12(8-6-11)15-16-14(19-17-15)9-13(18)10(2)3/h5-8,10,13,18H,4,9H2,1-3H3. The van der Waals surface area contributed by atoms with Crippen molar-refractivity contribution in [3.63, 3.8) is 0 Å². The van der Waals surface area contributed by atoms with Crippen LogP contribution in [0.2, 0.25) is 0 Å². The topological polar surface area (TPSA) is 59.2 Å². The minimum absolute atomic E-state index is 0.180. The molecule has 19 heavy (non-hydrogen) atoms. The van der Waals surface area contributed by atoms with Crippen LogP contribution in [0.4, 0.5) is 0 Å². The lowest BCUT2D eigenvalue weighted by Gasteiger charge is -2.10. The zero-order valence-electron chi connectivity index (χ0n) is 11.6. The molecule has 0 amide bonds. The molecule has 0 radical (unpaired) electrons. The first-order valence-electron chi connectivity index (χ1n) is 6.70. The van der Waals surface area contributed by atoms with Crippen LogP contribution in [-0.4, -0.2) is 21.4 Å². The Morgan fingerprint density at radius 3 is 2.47 bits per heavy atom. The van der Waals surface area contributed by atoms with Crippen LogP contribution in [0.1, 0.15) is 32.2 Å². The summed E-state index contributed by atoms with van der Waals surface area (Å²) < 4.78 is 5.18. The third-order valence-electron chi connectivity index (χ3n) is 3.24. The van der Waals surface area contributed by atoms with Crippen molar-refractivity contribution in [3.8, 4) is 11.4 Å². The molecular formula is C15H20N2O2. The van der Waals surface area contributed by atoms with E-state index in [2.05, 4.69) is 29.2 Å². The molecule has 1 unspecified atom stereocenters. The maximum Gasteiger partial charge on any atom is 0.229 e. The Hall–Kier alpha value is -1.68. The Morgan fingerprint density at radius 1 is 1.21 bits per heavy atom. The van der Waals surface area contributed by atoms with Crippen molar-refractivity contribution in [2.75, 3.05) is 0 Å². The minimum Gasteiger partial charge on any atom is -0.392 e. The minimum atomic E-state index is -0.448. The molecule has 1 atom stereocenters. The van der Waals surface area contributed by atoms with E-state index >= 15 is 0 Å². The summed E-state index contributed by atoms with van der Waals surface area (Å²) in [6.45, 7) is 6.05. The van der Waals surface area contributed by atoms with Gasteiger partial charge in [-0.3, -0.25) is 0 Å². The molecule has 0 saturated carbocycles. The number of hydrogen-bond acceptors (Lipinski definition) is 4. The highest BCUT2D eigenvalue weighted by molar-refractivity contribution is 5.54. The SMILES string of the molecule is CCc1ccc(-c2noc(CC(O)C(C)C)n2)cc1. The zero-order chi connectivity index (χ0) is 13.8. The molecule has 0 aliphatic rings. The Kier molecular flexibility index (Phi) is 4.32. The second-order valence-corrected chi connectivity index (χ2v) is 5.08. The molecule has 0 bridgehead atoms. The van der Waals surface area contributed by atoms with Crippen LogP contribution in [0.15, 0.2) is 28.8 Å². The van der Waals surface area contributed by atoms with Crippen molar-refractivity contribution in [1.29, 1.82) is 0 Å². The summed E-state index contributed by atoms with van der Waals surface area (Å²) in [6.07, 6.45) is 0.964. The molecule has 4 heteroatoms. The number of aryl methyl sites for hydroxylation is 1. The average molecular weight is 260 g/mol. The molecule has 1 N–H and O–H groups in total. The van der Waals surface area contributed by atoms with Crippen molar-refractivity contribution < 1.29 is 9.63 Å². The molecule has 0 spiro atoms. The van der Waals surface area contributed by atoms with Crippen LogP contribution < -0.4 is 0 Å². The Morgan fingerprint density at radius 2 is 1.89 bits per heavy atom. The van der Waals surface area contributed by atoms with Crippen LogP contribution in [0.3, 0.4) is 0 Å². The molecule has 4 nitrogen and oxygen atoms in total. The van der Waals surface area contributed by atoms with Gasteiger partial charge in [0.15, 0.2) is 0 Å². The van der Waals surface area contributed by atoms with E-state index in [4.69, 9.17) is 4.52 Å². The van der Waals surface area contributed by atoms with Gasteiger partial charge in [0.2, 0.25) is 11.7 Å². The van der Waals surface area contributed by atoms with Crippen molar-refractivity contribution in [2.45, 2.75) is 39.7 Å². The van der Waals surface area contributed by atoms with E-state index in [1.165, 1.54) is 5.56 Å². The van der Waals surface area contributed by atoms with Crippen LogP contribution in [0.5, 0.6) is 0 Å². The van der Waals surface area contributed by atoms with Gasteiger partial charge in [-0.05, 0) is 17.9 Å². The lowest BCUT2D eigenvalue weighted by atomic mass is 10.0. The van der Waals surface area contributed by atoms with Gasteiger partial charge in [-0.2, -0.15) is 4.98 Å². The number of aliphatic hydroxyl groups is 1. The average Bonchev–Trinajstić information content (AvgIpc) is 2.87. The number of rotatable bonds is 5. The fourth-order valence-electron chi connectivity index (χ4n) is 1.76. The summed E-state index contributed by atoms with van der Waals surface area (Å²) >= 11 is 0. The molecule has 0 saturated heterocycles. The highest BCUT2D eigenvalue weighted by Gasteiger charge is 2.15. The van der Waals surface area contributed by atoms with Gasteiger partial charge in [0.05, 0.1) is 12.5 Å². The van der Waals surface area contributed by atoms with E-state index in [9.17, 15) is 5.11 Å². The van der Waals surface area contributed by atoms with E-state index in [-0.39, 0.29) is 5.92 Å². The largest absolute Gasteiger partial charge is 0.392 e. The summed E-state index contributed by atoms with van der Waals surface area (Å²) in [6, 6.07) is 8.11. The third kappa shape index (κ3) is 3.41. The molecule has 1 aromatic heterocycles. The van der Waals surface area contributed by atoms with Crippen molar-refractivity contribution >= 4 is 0 Å². The maximum atomic E-state index is 9.80. The lowest BCUT2D eigenvalue weighted by molar-refractivity contribution is 0.116. The second-order valence-electron chi connectivity index (χ2n) is 5.08. The Bertz CT molecular complexity index is 517. The summed E-state index contributed by atoms with van der Waals surface area (Å²) in [5, 5.41) is 13.8. The summed E-state index contributed by atoms with van der Waals surface area (Å²) in [5.41, 5.74) is 2.22. The number of benzene rings is 1. The first kappa shape index (κ1) is 13.7. The molecule has 2 rings (SSSR count). The molecule has 0 fully saturated rings. The van der Waals surface area contributed by atoms with Crippen LogP contribution in [0, 0.1) is 5.92 Å². The fraction of sp³-hybridized carbons (Fsp3) is 0.467. The first-order valence-corrected chi connectivity index (χ1v) is 6.70. The molecule has 1 heterocycles. The van der Waals surface area contributed by atoms with E-state index in [1.807, 2.05) is 26.0 Å². The predicted octanol–water partition coefficient (Wildman–Crippen LogP) is 2.86. The molecule has 1 aromatic carbocycles. The van der Waals surface area contributed by atoms with E-state index in [0.29, 0.717) is 18.1 Å². The third-order valence-corrected chi connectivity index (χ3v) is 3.24. The predicted molar refractivity (Wildman–Crippen MR) is 73.7 cm³/mol. The molecule has 0 aliphatic heterocycles. The Balaban J connectivity index is 2.11. The fourth-order valence-corrected chi connectivity index (χ4v) is 1.76. The van der Waals surface area contributed by atoms with Gasteiger partial charge in [-0.25, -0.2) is 0 Å². The molecule has 2 aromatic rings. The van der Waals surface area contributed by atoms with Gasteiger partial charge in [0.1, 0.15) is 0 Å². The number of aromatic nitrogens is 2. The normalized spacial score (nSPS) is 12.9. The van der Waals surface area contributed by atoms with Gasteiger partial charge >= 0.3 is 0 Å². The van der Waals surface area contributed by atoms with E-state index in [1.54, 1.807) is 0 Å². The van der Waals surface area contributed by atoms with Crippen LogP contribution >= 0.6 is 0 Å². The highest BCUT2D eigenvalue weighted by Crippen LogP contribution is 2.18. The maximum absolute atomic E-state index is 9.80. The van der Waals surface area contributed by atoms with Gasteiger partial charge in [-0.1, -0.05) is 50.2 Å². The Labute approximate surface area is 113 Å². The van der Waals surface area contributed by atoms with E-state index < -0.39 is 6.10 Å². The zero-order valence-corrected chi connectivity index (χ0v) is 11.6. The summed E-state index contributed by atoms with van der Waals surface area (Å²) in [5.74, 6) is 1.24. The van der Waals surface area contributed by atoms with Gasteiger partial charge in [0.25, 0.3) is 0 Å². The monoisotopic (exact) mass is 260 g/mol. The molecule has 0 aliphatic carbocycles. The van der Waals surface area contributed by atoms with Gasteiger partial charge < -0.3 is 9.63 Å². The molecular weight excluding hydrogens is 240 g/mol. The number of nitrogens with zero attached hydrogens (tertiary/aromatic N) is 2. The van der Waals surface area contributed by atoms with Crippen LogP contribution in [-0.2, 0) is 12.8 Å². The second kappa shape index (κ2) is 5.97. The summed E-state index contributed by atoms with van der Waals surface area (Å²) in [7, 11) is 0.